The maximum absolute atomic E-state index is 13.7. The molecule has 0 aromatic heterocycles. The third-order valence-corrected chi connectivity index (χ3v) is 4.83. The van der Waals surface area contributed by atoms with E-state index in [1.165, 1.54) is 12.1 Å². The number of carbonyl (C=O) groups excluding carboxylic acids is 2. The minimum atomic E-state index is -0.623. The lowest BCUT2D eigenvalue weighted by molar-refractivity contribution is -0.126. The van der Waals surface area contributed by atoms with Gasteiger partial charge in [0.05, 0.1) is 6.04 Å². The fourth-order valence-electron chi connectivity index (χ4n) is 3.64. The van der Waals surface area contributed by atoms with Crippen LogP contribution in [0.25, 0.3) is 0 Å². The minimum absolute atomic E-state index is 0.110. The first-order chi connectivity index (χ1) is 11.5. The molecule has 1 aromatic rings. The summed E-state index contributed by atoms with van der Waals surface area (Å²) >= 11 is 0. The molecule has 3 rings (SSSR count). The molecule has 1 aromatic carbocycles. The Morgan fingerprint density at radius 2 is 2.12 bits per heavy atom. The SMILES string of the molecule is C=CC(=O)N1CC[C@@H](CC(=O)NC2CCc3c(F)cc(F)cc32)C1. The summed E-state index contributed by atoms with van der Waals surface area (Å²) in [7, 11) is 0. The molecule has 6 heteroatoms. The van der Waals surface area contributed by atoms with Crippen LogP contribution in [0.4, 0.5) is 8.78 Å². The van der Waals surface area contributed by atoms with Crippen LogP contribution in [0, 0.1) is 17.6 Å². The van der Waals surface area contributed by atoms with Gasteiger partial charge in [0.15, 0.2) is 0 Å². The molecule has 1 aliphatic carbocycles. The van der Waals surface area contributed by atoms with Crippen molar-refractivity contribution in [1.29, 1.82) is 0 Å². The molecule has 1 aliphatic heterocycles. The lowest BCUT2D eigenvalue weighted by atomic mass is 10.0. The van der Waals surface area contributed by atoms with E-state index in [4.69, 9.17) is 0 Å². The summed E-state index contributed by atoms with van der Waals surface area (Å²) < 4.78 is 27.2. The third kappa shape index (κ3) is 3.32. The number of hydrogen-bond acceptors (Lipinski definition) is 2. The van der Waals surface area contributed by atoms with Crippen molar-refractivity contribution in [1.82, 2.24) is 10.2 Å². The van der Waals surface area contributed by atoms with Crippen LogP contribution in [0.2, 0.25) is 0 Å². The number of benzene rings is 1. The second-order valence-corrected chi connectivity index (χ2v) is 6.46. The zero-order valence-electron chi connectivity index (χ0n) is 13.4. The third-order valence-electron chi connectivity index (χ3n) is 4.83. The van der Waals surface area contributed by atoms with E-state index in [1.807, 2.05) is 0 Å². The summed E-state index contributed by atoms with van der Waals surface area (Å²) in [6.45, 7) is 4.64. The second kappa shape index (κ2) is 6.71. The molecule has 2 atom stereocenters. The predicted molar refractivity (Wildman–Crippen MR) is 85.1 cm³/mol. The molecule has 2 aliphatic rings. The van der Waals surface area contributed by atoms with Crippen LogP contribution in [0.15, 0.2) is 24.8 Å². The number of nitrogens with zero attached hydrogens (tertiary/aromatic N) is 1. The minimum Gasteiger partial charge on any atom is -0.349 e. The maximum atomic E-state index is 13.7. The number of amides is 2. The molecule has 0 saturated carbocycles. The first kappa shape index (κ1) is 16.6. The monoisotopic (exact) mass is 334 g/mol. The lowest BCUT2D eigenvalue weighted by Gasteiger charge is -2.17. The zero-order valence-corrected chi connectivity index (χ0v) is 13.4. The van der Waals surface area contributed by atoms with Crippen LogP contribution in [0.3, 0.4) is 0 Å². The number of rotatable bonds is 4. The van der Waals surface area contributed by atoms with Crippen molar-refractivity contribution in [3.05, 3.63) is 47.5 Å². The number of halogens is 2. The van der Waals surface area contributed by atoms with Crippen LogP contribution in [0.5, 0.6) is 0 Å². The van der Waals surface area contributed by atoms with Gasteiger partial charge in [-0.1, -0.05) is 6.58 Å². The number of carbonyl (C=O) groups is 2. The van der Waals surface area contributed by atoms with E-state index in [9.17, 15) is 18.4 Å². The standard InChI is InChI=1S/C18H20F2N2O2/c1-2-18(24)22-6-5-11(10-22)7-17(23)21-16-4-3-13-14(16)8-12(19)9-15(13)20/h2,8-9,11,16H,1,3-7,10H2,(H,21,23)/t11-,16?/m0/s1. The molecule has 0 spiro atoms. The predicted octanol–water partition coefficient (Wildman–Crippen LogP) is 2.49. The fourth-order valence-corrected chi connectivity index (χ4v) is 3.64. The molecule has 1 fully saturated rings. The average molecular weight is 334 g/mol. The first-order valence-corrected chi connectivity index (χ1v) is 8.16. The Hall–Kier alpha value is -2.24. The fraction of sp³-hybridized carbons (Fsp3) is 0.444. The van der Waals surface area contributed by atoms with Crippen LogP contribution >= 0.6 is 0 Å². The molecule has 1 saturated heterocycles. The molecular weight excluding hydrogens is 314 g/mol. The molecule has 1 unspecified atom stereocenters. The van der Waals surface area contributed by atoms with E-state index in [2.05, 4.69) is 11.9 Å². The summed E-state index contributed by atoms with van der Waals surface area (Å²) in [5.41, 5.74) is 1.03. The van der Waals surface area contributed by atoms with Crippen LogP contribution in [-0.4, -0.2) is 29.8 Å². The highest BCUT2D eigenvalue weighted by molar-refractivity contribution is 5.87. The van der Waals surface area contributed by atoms with Crippen molar-refractivity contribution in [2.45, 2.75) is 31.7 Å². The largest absolute Gasteiger partial charge is 0.349 e. The van der Waals surface area contributed by atoms with Crippen LogP contribution < -0.4 is 5.32 Å². The van der Waals surface area contributed by atoms with E-state index in [0.717, 1.165) is 12.5 Å². The molecule has 1 N–H and O–H groups in total. The number of likely N-dealkylation sites (tertiary alicyclic amines) is 1. The Morgan fingerprint density at radius 1 is 1.33 bits per heavy atom. The van der Waals surface area contributed by atoms with Gasteiger partial charge in [0.25, 0.3) is 0 Å². The maximum Gasteiger partial charge on any atom is 0.245 e. The van der Waals surface area contributed by atoms with E-state index >= 15 is 0 Å². The average Bonchev–Trinajstić information content (AvgIpc) is 3.14. The zero-order chi connectivity index (χ0) is 17.3. The molecular formula is C18H20F2N2O2. The van der Waals surface area contributed by atoms with E-state index in [1.54, 1.807) is 4.90 Å². The second-order valence-electron chi connectivity index (χ2n) is 6.46. The van der Waals surface area contributed by atoms with Gasteiger partial charge in [0.2, 0.25) is 11.8 Å². The van der Waals surface area contributed by atoms with Gasteiger partial charge in [-0.3, -0.25) is 9.59 Å². The smallest absolute Gasteiger partial charge is 0.245 e. The van der Waals surface area contributed by atoms with Crippen molar-refractivity contribution < 1.29 is 18.4 Å². The van der Waals surface area contributed by atoms with E-state index in [0.29, 0.717) is 43.5 Å². The van der Waals surface area contributed by atoms with Gasteiger partial charge in [-0.25, -0.2) is 8.78 Å². The van der Waals surface area contributed by atoms with Gasteiger partial charge in [-0.15, -0.1) is 0 Å². The number of fused-ring (bicyclic) bond motifs is 1. The van der Waals surface area contributed by atoms with Gasteiger partial charge in [-0.05, 0) is 48.4 Å². The van der Waals surface area contributed by atoms with Crippen LogP contribution in [-0.2, 0) is 16.0 Å². The van der Waals surface area contributed by atoms with Gasteiger partial charge in [0, 0.05) is 25.6 Å². The highest BCUT2D eigenvalue weighted by Crippen LogP contribution is 2.33. The van der Waals surface area contributed by atoms with Gasteiger partial charge < -0.3 is 10.2 Å². The van der Waals surface area contributed by atoms with E-state index < -0.39 is 11.6 Å². The van der Waals surface area contributed by atoms with Crippen molar-refractivity contribution >= 4 is 11.8 Å². The number of hydrogen-bond donors (Lipinski definition) is 1. The Labute approximate surface area is 139 Å². The molecule has 128 valence electrons. The van der Waals surface area contributed by atoms with Crippen LogP contribution in [0.1, 0.15) is 36.4 Å². The van der Waals surface area contributed by atoms with Crippen molar-refractivity contribution in [3.63, 3.8) is 0 Å². The molecule has 24 heavy (non-hydrogen) atoms. The molecule has 0 radical (unpaired) electrons. The Morgan fingerprint density at radius 3 is 2.88 bits per heavy atom. The number of nitrogens with one attached hydrogen (secondary N) is 1. The van der Waals surface area contributed by atoms with Crippen molar-refractivity contribution in [3.8, 4) is 0 Å². The summed E-state index contributed by atoms with van der Waals surface area (Å²) in [6.07, 6.45) is 3.44. The Kier molecular flexibility index (Phi) is 4.64. The quantitative estimate of drug-likeness (QED) is 0.860. The molecule has 2 amide bonds. The summed E-state index contributed by atoms with van der Waals surface area (Å²) in [6, 6.07) is 1.84. The van der Waals surface area contributed by atoms with Gasteiger partial charge >= 0.3 is 0 Å². The highest BCUT2D eigenvalue weighted by atomic mass is 19.1. The van der Waals surface area contributed by atoms with E-state index in [-0.39, 0.29) is 23.8 Å². The topological polar surface area (TPSA) is 49.4 Å². The van der Waals surface area contributed by atoms with Crippen molar-refractivity contribution in [2.24, 2.45) is 5.92 Å². The van der Waals surface area contributed by atoms with Gasteiger partial charge in [0.1, 0.15) is 11.6 Å². The summed E-state index contributed by atoms with van der Waals surface area (Å²) in [5.74, 6) is -1.32. The Balaban J connectivity index is 1.58. The molecule has 1 heterocycles. The summed E-state index contributed by atoms with van der Waals surface area (Å²) in [5, 5.41) is 2.88. The normalized spacial score (nSPS) is 22.3. The first-order valence-electron chi connectivity index (χ1n) is 8.16. The van der Waals surface area contributed by atoms with Gasteiger partial charge in [-0.2, -0.15) is 0 Å². The summed E-state index contributed by atoms with van der Waals surface area (Å²) in [4.78, 5) is 25.5. The molecule has 0 bridgehead atoms. The lowest BCUT2D eigenvalue weighted by Crippen LogP contribution is -2.30. The highest BCUT2D eigenvalue weighted by Gasteiger charge is 2.30. The Bertz CT molecular complexity index is 690. The molecule has 4 nitrogen and oxygen atoms in total. The van der Waals surface area contributed by atoms with Crippen molar-refractivity contribution in [2.75, 3.05) is 13.1 Å².